The molecule has 0 aromatic carbocycles. The molecule has 820 valence electrons. The standard InChI is InChI=1S/C21H34F10O6.C20H36F6O5.C15H32O4.2C6H5F9O.12CH4/c1-15(2,7-34-9-16(3,5-32)11-36-13-18(22,23)20(26,27)28)8-35-10-17(4,6-33)12-37-14-19(24,25)21(29,30)31;1-6-17(4,11-30-14-19(21,22)23)10-28-8-16(2,3)9-29-12-18(5,7-27)13-31-15-20(24,25)26;1-13(2,7-16)9-18-11-15(5,6)12-19-10-14(3,4)8-17;2*7-3(8)4(9,10)1-16-2-5(11,12)6(13,14)15;;;;;;;;;;;;/h32-33H,5-14H2,1-4H3;27H,6-15H2,1-5H3;16-17H,7-12H2,1-6H3;2*3H,1-2H2;12*1H4. The van der Waals surface area contributed by atoms with Crippen molar-refractivity contribution in [1.29, 1.82) is 0 Å². The lowest BCUT2D eigenvalue weighted by atomic mass is 9.89. The number of alkyl halides is 34. The van der Waals surface area contributed by atoms with Crippen LogP contribution in [0, 0.1) is 48.7 Å². The van der Waals surface area contributed by atoms with Gasteiger partial charge in [0.25, 0.3) is 0 Å². The minimum absolute atomic E-state index is 0. The van der Waals surface area contributed by atoms with Crippen LogP contribution < -0.4 is 0 Å². The Morgan fingerprint density at radius 3 is 0.458 bits per heavy atom. The third-order valence-corrected chi connectivity index (χ3v) is 15.0. The van der Waals surface area contributed by atoms with Gasteiger partial charge in [-0.25, -0.2) is 17.6 Å². The maximum absolute atomic E-state index is 13.0. The van der Waals surface area contributed by atoms with Gasteiger partial charge in [-0.15, -0.1) is 0 Å². The summed E-state index contributed by atoms with van der Waals surface area (Å²) in [6, 6.07) is 0. The quantitative estimate of drug-likeness (QED) is 0.0358. The van der Waals surface area contributed by atoms with Gasteiger partial charge in [0.2, 0.25) is 0 Å². The summed E-state index contributed by atoms with van der Waals surface area (Å²) in [6.07, 6.45) is -40.2. The van der Waals surface area contributed by atoms with Crippen LogP contribution in [0.1, 0.15) is 199 Å². The van der Waals surface area contributed by atoms with Gasteiger partial charge < -0.3 is 82.4 Å². The van der Waals surface area contributed by atoms with Crippen molar-refractivity contribution in [3.05, 3.63) is 0 Å². The second-order valence-electron chi connectivity index (χ2n) is 33.3. The van der Waals surface area contributed by atoms with E-state index in [0.717, 1.165) is 0 Å². The van der Waals surface area contributed by atoms with E-state index in [1.807, 2.05) is 48.5 Å². The Balaban J connectivity index is -0.0000000839. The van der Waals surface area contributed by atoms with E-state index in [-0.39, 0.29) is 185 Å². The summed E-state index contributed by atoms with van der Waals surface area (Å²) in [5.74, 6) is -30.4. The van der Waals surface area contributed by atoms with Crippen molar-refractivity contribution < 1.29 is 232 Å². The Labute approximate surface area is 755 Å². The first-order valence-corrected chi connectivity index (χ1v) is 34.9. The van der Waals surface area contributed by atoms with Gasteiger partial charge in [0, 0.05) is 48.7 Å². The van der Waals surface area contributed by atoms with Gasteiger partial charge in [-0.1, -0.05) is 193 Å². The van der Waals surface area contributed by atoms with E-state index < -0.39 is 204 Å². The van der Waals surface area contributed by atoms with Crippen molar-refractivity contribution in [2.45, 2.75) is 285 Å². The fourth-order valence-electron chi connectivity index (χ4n) is 7.12. The number of ether oxygens (including phenoxy) is 12. The summed E-state index contributed by atoms with van der Waals surface area (Å²) in [6.45, 7) is 10.2. The van der Waals surface area contributed by atoms with Crippen molar-refractivity contribution in [1.82, 2.24) is 0 Å². The van der Waals surface area contributed by atoms with Crippen molar-refractivity contribution in [2.75, 3.05) is 192 Å². The largest absolute Gasteiger partial charge is 0.455 e. The molecule has 5 N–H and O–H groups in total. The zero-order valence-electron chi connectivity index (χ0n) is 67.9. The minimum atomic E-state index is -5.98. The van der Waals surface area contributed by atoms with Gasteiger partial charge >= 0.3 is 85.4 Å². The van der Waals surface area contributed by atoms with Crippen molar-refractivity contribution in [3.63, 3.8) is 0 Å². The van der Waals surface area contributed by atoms with E-state index in [1.54, 1.807) is 27.7 Å². The molecule has 0 aliphatic carbocycles. The predicted molar refractivity (Wildman–Crippen MR) is 436 cm³/mol. The third kappa shape index (κ3) is 78.4. The Kier molecular flexibility index (Phi) is 88.1. The second-order valence-corrected chi connectivity index (χ2v) is 33.3. The summed E-state index contributed by atoms with van der Waals surface area (Å²) in [4.78, 5) is 0. The molecular weight excluding hydrogens is 1880 g/mol. The molecule has 0 heterocycles. The molecule has 4 atom stereocenters. The average Bonchev–Trinajstić information content (AvgIpc) is 0.847. The fourth-order valence-corrected chi connectivity index (χ4v) is 7.12. The highest BCUT2D eigenvalue weighted by Crippen LogP contribution is 2.41. The van der Waals surface area contributed by atoms with Crippen LogP contribution in [0.15, 0.2) is 0 Å². The molecule has 4 unspecified atom stereocenters. The summed E-state index contributed by atoms with van der Waals surface area (Å²) in [7, 11) is 0. The number of hydrogen-bond donors (Lipinski definition) is 5. The van der Waals surface area contributed by atoms with Gasteiger partial charge in [-0.05, 0) is 6.42 Å². The lowest BCUT2D eigenvalue weighted by molar-refractivity contribution is -0.302. The molecule has 0 aromatic rings. The molecule has 0 radical (unpaired) electrons. The molecule has 0 aliphatic heterocycles. The zero-order chi connectivity index (χ0) is 95.4. The Morgan fingerprint density at radius 2 is 0.321 bits per heavy atom. The molecule has 0 rings (SSSR count). The molecule has 0 aromatic heterocycles. The normalized spacial score (nSPS) is 14.7. The van der Waals surface area contributed by atoms with Crippen LogP contribution in [0.2, 0.25) is 0 Å². The summed E-state index contributed by atoms with van der Waals surface area (Å²) >= 11 is 0. The number of aliphatic hydroxyl groups is 5. The molecule has 0 aliphatic rings. The first-order valence-electron chi connectivity index (χ1n) is 34.9. The molecule has 0 saturated heterocycles. The Hall–Kier alpha value is -3.06. The zero-order valence-corrected chi connectivity index (χ0v) is 67.9. The van der Waals surface area contributed by atoms with Crippen molar-refractivity contribution >= 4 is 0 Å². The van der Waals surface area contributed by atoms with E-state index >= 15 is 0 Å². The monoisotopic (exact) mass is 2040 g/mol. The van der Waals surface area contributed by atoms with Crippen molar-refractivity contribution in [3.8, 4) is 0 Å². The molecule has 0 bridgehead atoms. The van der Waals surface area contributed by atoms with Gasteiger partial charge in [-0.2, -0.15) is 132 Å². The minimum Gasteiger partial charge on any atom is -0.396 e. The van der Waals surface area contributed by atoms with E-state index in [4.69, 9.17) is 43.4 Å². The summed E-state index contributed by atoms with van der Waals surface area (Å²) in [5.41, 5.74) is -5.85. The molecule has 131 heavy (non-hydrogen) atoms. The molecule has 17 nitrogen and oxygen atoms in total. The lowest BCUT2D eigenvalue weighted by Gasteiger charge is -2.32. The van der Waals surface area contributed by atoms with Crippen molar-refractivity contribution in [2.24, 2.45) is 48.7 Å². The fraction of sp³-hybridized carbons (Fsp3) is 1.00. The van der Waals surface area contributed by atoms with Crippen LogP contribution in [-0.4, -0.2) is 303 Å². The highest BCUT2D eigenvalue weighted by molar-refractivity contribution is 4.84. The van der Waals surface area contributed by atoms with Gasteiger partial charge in [0.1, 0.15) is 52.9 Å². The van der Waals surface area contributed by atoms with E-state index in [1.165, 1.54) is 13.8 Å². The van der Waals surface area contributed by atoms with Crippen LogP contribution in [-0.2, 0) is 56.8 Å². The average molecular weight is 2040 g/mol. The Bertz CT molecular complexity index is 2490. The Morgan fingerprint density at radius 1 is 0.183 bits per heavy atom. The third-order valence-electron chi connectivity index (χ3n) is 15.0. The maximum Gasteiger partial charge on any atom is 0.455 e. The van der Waals surface area contributed by atoms with E-state index in [0.29, 0.717) is 32.8 Å². The highest BCUT2D eigenvalue weighted by Gasteiger charge is 2.61. The molecule has 0 spiro atoms. The molecule has 51 heteroatoms. The first kappa shape index (κ1) is 168. The summed E-state index contributed by atoms with van der Waals surface area (Å²) in [5, 5.41) is 46.8. The highest BCUT2D eigenvalue weighted by atomic mass is 19.5. The molecule has 0 amide bonds. The van der Waals surface area contributed by atoms with Crippen LogP contribution in [0.4, 0.5) is 149 Å². The lowest BCUT2D eigenvalue weighted by Crippen LogP contribution is -2.43. The van der Waals surface area contributed by atoms with Crippen LogP contribution in [0.3, 0.4) is 0 Å². The number of halogens is 34. The van der Waals surface area contributed by atoms with Crippen LogP contribution in [0.5, 0.6) is 0 Å². The number of hydrogen-bond acceptors (Lipinski definition) is 17. The van der Waals surface area contributed by atoms with Gasteiger partial charge in [-0.3, -0.25) is 0 Å². The predicted octanol–water partition coefficient (Wildman–Crippen LogP) is 25.0. The number of aliphatic hydroxyl groups excluding tert-OH is 5. The number of rotatable bonds is 54. The van der Waals surface area contributed by atoms with Gasteiger partial charge in [0.15, 0.2) is 0 Å². The summed E-state index contributed by atoms with van der Waals surface area (Å²) < 4.78 is 467. The van der Waals surface area contributed by atoms with E-state index in [9.17, 15) is 165 Å². The second kappa shape index (κ2) is 68.9. The molecule has 0 saturated carbocycles. The van der Waals surface area contributed by atoms with E-state index in [2.05, 4.69) is 37.5 Å². The maximum atomic E-state index is 13.0. The van der Waals surface area contributed by atoms with Crippen LogP contribution in [0.25, 0.3) is 0 Å². The first-order chi connectivity index (χ1) is 52.7. The molecular formula is C80H160F34O17. The topological polar surface area (TPSA) is 212 Å². The molecule has 0 fully saturated rings. The van der Waals surface area contributed by atoms with Crippen LogP contribution >= 0.6 is 0 Å². The smallest absolute Gasteiger partial charge is 0.396 e. The van der Waals surface area contributed by atoms with Gasteiger partial charge in [0.05, 0.1) is 139 Å². The SMILES string of the molecule is C.C.C.C.C.C.C.C.C.C.C.C.CC(C)(CO)COCC(C)(C)COCC(C)(C)CO.CC(C)(COCC(C)(CO)COCC(F)(F)C(F)(F)F)COCC(C)(CO)COCC(F)(F)C(F)(F)F.CCC(C)(COCC(F)(F)F)COCC(C)(C)COCC(C)(CO)COCC(F)(F)F.FC(F)C(F)(F)COCC(F)(F)C(F)(F)F.FC(F)C(F)(F)COCC(F)(F)C(F)(F)F.